The summed E-state index contributed by atoms with van der Waals surface area (Å²) in [5.41, 5.74) is 0.670. The van der Waals surface area contributed by atoms with Gasteiger partial charge in [0.25, 0.3) is 0 Å². The van der Waals surface area contributed by atoms with Crippen LogP contribution in [0.1, 0.15) is 34.6 Å². The number of hydrogen-bond donors (Lipinski definition) is 0. The predicted molar refractivity (Wildman–Crippen MR) is 94.4 cm³/mol. The van der Waals surface area contributed by atoms with Gasteiger partial charge in [-0.1, -0.05) is 0 Å². The number of ketones is 1. The Morgan fingerprint density at radius 2 is 1.64 bits per heavy atom. The minimum atomic E-state index is -4.12. The van der Waals surface area contributed by atoms with Gasteiger partial charge in [0.05, 0.1) is 12.2 Å². The van der Waals surface area contributed by atoms with E-state index in [2.05, 4.69) is 15.9 Å². The standard InChI is InChI=1S/C17H15BrO6S/c1-3-23-17(20)13-6-9-16(15(18)10-13)25(21,22)24-14-7-4-12(5-8-14)11(2)19/h4-10H,3H2,1-2H3. The monoisotopic (exact) mass is 426 g/mol. The first-order valence-corrected chi connectivity index (χ1v) is 9.47. The Morgan fingerprint density at radius 3 is 2.16 bits per heavy atom. The number of esters is 1. The summed E-state index contributed by atoms with van der Waals surface area (Å²) < 4.78 is 34.9. The first-order valence-electron chi connectivity index (χ1n) is 7.26. The van der Waals surface area contributed by atoms with Crippen LogP contribution in [-0.2, 0) is 14.9 Å². The number of rotatable bonds is 6. The Hall–Kier alpha value is -2.19. The van der Waals surface area contributed by atoms with Gasteiger partial charge in [-0.15, -0.1) is 0 Å². The summed E-state index contributed by atoms with van der Waals surface area (Å²) >= 11 is 3.13. The summed E-state index contributed by atoms with van der Waals surface area (Å²) in [5, 5.41) is 0. The molecule has 0 fully saturated rings. The van der Waals surface area contributed by atoms with Crippen LogP contribution < -0.4 is 4.18 Å². The third-order valence-corrected chi connectivity index (χ3v) is 5.40. The van der Waals surface area contributed by atoms with Crippen molar-refractivity contribution in [1.29, 1.82) is 0 Å². The summed E-state index contributed by atoms with van der Waals surface area (Å²) in [7, 11) is -4.12. The van der Waals surface area contributed by atoms with Gasteiger partial charge in [0.1, 0.15) is 10.6 Å². The number of halogens is 1. The SMILES string of the molecule is CCOC(=O)c1ccc(S(=O)(=O)Oc2ccc(C(C)=O)cc2)c(Br)c1. The van der Waals surface area contributed by atoms with Crippen LogP contribution in [0.15, 0.2) is 51.8 Å². The Kier molecular flexibility index (Phi) is 5.97. The topological polar surface area (TPSA) is 86.7 Å². The summed E-state index contributed by atoms with van der Waals surface area (Å²) in [6, 6.07) is 9.71. The van der Waals surface area contributed by atoms with Crippen LogP contribution in [0.25, 0.3) is 0 Å². The van der Waals surface area contributed by atoms with Gasteiger partial charge in [-0.3, -0.25) is 4.79 Å². The molecule has 0 bridgehead atoms. The molecule has 0 saturated carbocycles. The van der Waals surface area contributed by atoms with Gasteiger partial charge in [-0.25, -0.2) is 4.79 Å². The number of hydrogen-bond acceptors (Lipinski definition) is 6. The molecule has 8 heteroatoms. The maximum atomic E-state index is 12.4. The second kappa shape index (κ2) is 7.79. The van der Waals surface area contributed by atoms with E-state index in [0.717, 1.165) is 0 Å². The Balaban J connectivity index is 2.27. The molecule has 0 radical (unpaired) electrons. The maximum Gasteiger partial charge on any atom is 0.340 e. The molecular weight excluding hydrogens is 412 g/mol. The van der Waals surface area contributed by atoms with Crippen LogP contribution in [0, 0.1) is 0 Å². The Morgan fingerprint density at radius 1 is 1.04 bits per heavy atom. The molecule has 25 heavy (non-hydrogen) atoms. The molecule has 0 amide bonds. The Labute approximate surface area is 154 Å². The van der Waals surface area contributed by atoms with Gasteiger partial charge < -0.3 is 8.92 Å². The fourth-order valence-electron chi connectivity index (χ4n) is 1.96. The highest BCUT2D eigenvalue weighted by Gasteiger charge is 2.22. The van der Waals surface area contributed by atoms with Crippen molar-refractivity contribution >= 4 is 37.8 Å². The summed E-state index contributed by atoms with van der Waals surface area (Å²) in [6.07, 6.45) is 0. The average molecular weight is 427 g/mol. The van der Waals surface area contributed by atoms with Crippen LogP contribution in [0.3, 0.4) is 0 Å². The number of carbonyl (C=O) groups is 2. The van der Waals surface area contributed by atoms with E-state index in [-0.39, 0.29) is 33.1 Å². The van der Waals surface area contributed by atoms with E-state index in [1.807, 2.05) is 0 Å². The van der Waals surface area contributed by atoms with Crippen molar-refractivity contribution in [3.8, 4) is 5.75 Å². The van der Waals surface area contributed by atoms with Crippen molar-refractivity contribution in [3.63, 3.8) is 0 Å². The molecular formula is C17H15BrO6S. The van der Waals surface area contributed by atoms with E-state index in [1.54, 1.807) is 6.92 Å². The van der Waals surface area contributed by atoms with E-state index in [0.29, 0.717) is 5.56 Å². The van der Waals surface area contributed by atoms with Crippen LogP contribution in [-0.4, -0.2) is 26.8 Å². The molecule has 0 N–H and O–H groups in total. The minimum absolute atomic E-state index is 0.0753. The molecule has 2 aromatic carbocycles. The van der Waals surface area contributed by atoms with Gasteiger partial charge in [0, 0.05) is 10.0 Å². The fraction of sp³-hybridized carbons (Fsp3) is 0.176. The third kappa shape index (κ3) is 4.67. The lowest BCUT2D eigenvalue weighted by Gasteiger charge is -2.10. The van der Waals surface area contributed by atoms with Gasteiger partial charge >= 0.3 is 16.1 Å². The minimum Gasteiger partial charge on any atom is -0.462 e. The molecule has 0 spiro atoms. The molecule has 0 aliphatic heterocycles. The van der Waals surface area contributed by atoms with Crippen molar-refractivity contribution in [2.45, 2.75) is 18.7 Å². The molecule has 0 unspecified atom stereocenters. The van der Waals surface area contributed by atoms with E-state index >= 15 is 0 Å². The van der Waals surface area contributed by atoms with E-state index < -0.39 is 16.1 Å². The normalized spacial score (nSPS) is 11.0. The van der Waals surface area contributed by atoms with E-state index in [4.69, 9.17) is 8.92 Å². The second-order valence-electron chi connectivity index (χ2n) is 4.98. The van der Waals surface area contributed by atoms with Gasteiger partial charge in [0.2, 0.25) is 0 Å². The van der Waals surface area contributed by atoms with Gasteiger partial charge in [-0.2, -0.15) is 8.42 Å². The molecule has 0 saturated heterocycles. The molecule has 2 rings (SSSR count). The lowest BCUT2D eigenvalue weighted by Crippen LogP contribution is -2.12. The lowest BCUT2D eigenvalue weighted by atomic mass is 10.1. The van der Waals surface area contributed by atoms with Crippen molar-refractivity contribution in [1.82, 2.24) is 0 Å². The molecule has 2 aromatic rings. The van der Waals surface area contributed by atoms with Gasteiger partial charge in [0.15, 0.2) is 5.78 Å². The van der Waals surface area contributed by atoms with Crippen molar-refractivity contribution in [3.05, 3.63) is 58.1 Å². The highest BCUT2D eigenvalue weighted by Crippen LogP contribution is 2.27. The van der Waals surface area contributed by atoms with Crippen molar-refractivity contribution in [2.24, 2.45) is 0 Å². The third-order valence-electron chi connectivity index (χ3n) is 3.18. The molecule has 0 aliphatic carbocycles. The predicted octanol–water partition coefficient (Wildman–Crippen LogP) is 3.60. The zero-order valence-corrected chi connectivity index (χ0v) is 15.9. The first-order chi connectivity index (χ1) is 11.7. The van der Waals surface area contributed by atoms with Crippen LogP contribution in [0.4, 0.5) is 0 Å². The first kappa shape index (κ1) is 19.1. The maximum absolute atomic E-state index is 12.4. The molecule has 6 nitrogen and oxygen atoms in total. The lowest BCUT2D eigenvalue weighted by molar-refractivity contribution is 0.0526. The zero-order chi connectivity index (χ0) is 18.6. The van der Waals surface area contributed by atoms with E-state index in [1.165, 1.54) is 49.4 Å². The zero-order valence-electron chi connectivity index (χ0n) is 13.5. The summed E-state index contributed by atoms with van der Waals surface area (Å²) in [6.45, 7) is 3.31. The quantitative estimate of drug-likeness (QED) is 0.398. The molecule has 0 aliphatic rings. The van der Waals surface area contributed by atoms with Crippen LogP contribution >= 0.6 is 15.9 Å². The van der Waals surface area contributed by atoms with Gasteiger partial charge in [-0.05, 0) is 72.2 Å². The fourth-order valence-corrected chi connectivity index (χ4v) is 3.92. The van der Waals surface area contributed by atoms with E-state index in [9.17, 15) is 18.0 Å². The van der Waals surface area contributed by atoms with Crippen LogP contribution in [0.5, 0.6) is 5.75 Å². The molecule has 132 valence electrons. The second-order valence-corrected chi connectivity index (χ2v) is 7.35. The number of Topliss-reactive ketones (excluding diaryl/α,β-unsaturated/α-hetero) is 1. The highest BCUT2D eigenvalue weighted by atomic mass is 79.9. The molecule has 0 heterocycles. The molecule has 0 aromatic heterocycles. The van der Waals surface area contributed by atoms with Crippen molar-refractivity contribution in [2.75, 3.05) is 6.61 Å². The smallest absolute Gasteiger partial charge is 0.340 e. The average Bonchev–Trinajstić information content (AvgIpc) is 2.54. The Bertz CT molecular complexity index is 903. The number of ether oxygens (including phenoxy) is 1. The summed E-state index contributed by atoms with van der Waals surface area (Å²) in [5.74, 6) is -0.606. The largest absolute Gasteiger partial charge is 0.462 e. The number of carbonyl (C=O) groups excluding carboxylic acids is 2. The number of benzene rings is 2. The van der Waals surface area contributed by atoms with Crippen LogP contribution in [0.2, 0.25) is 0 Å². The highest BCUT2D eigenvalue weighted by molar-refractivity contribution is 9.10. The summed E-state index contributed by atoms with van der Waals surface area (Å²) in [4.78, 5) is 22.8. The van der Waals surface area contributed by atoms with Crippen molar-refractivity contribution < 1.29 is 26.9 Å². The molecule has 0 atom stereocenters.